The van der Waals surface area contributed by atoms with E-state index in [1.807, 2.05) is 18.2 Å². The first-order chi connectivity index (χ1) is 8.49. The molecule has 18 heavy (non-hydrogen) atoms. The maximum absolute atomic E-state index is 8.69. The predicted molar refractivity (Wildman–Crippen MR) is 79.4 cm³/mol. The molecule has 4 nitrogen and oxygen atoms in total. The first kappa shape index (κ1) is 14.8. The predicted octanol–water partition coefficient (Wildman–Crippen LogP) is 3.03. The number of anilines is 1. The highest BCUT2D eigenvalue weighted by Gasteiger charge is 2.10. The van der Waals surface area contributed by atoms with Crippen molar-refractivity contribution in [2.24, 2.45) is 16.8 Å². The molecule has 0 atom stereocenters. The lowest BCUT2D eigenvalue weighted by molar-refractivity contribution is 0.318. The second kappa shape index (κ2) is 6.64. The molecule has 100 valence electrons. The summed E-state index contributed by atoms with van der Waals surface area (Å²) in [5.41, 5.74) is 7.42. The molecule has 0 saturated carbocycles. The number of nitrogens with zero attached hydrogens (tertiary/aromatic N) is 2. The summed E-state index contributed by atoms with van der Waals surface area (Å²) in [4.78, 5) is 2.30. The number of oxime groups is 1. The van der Waals surface area contributed by atoms with Crippen molar-refractivity contribution in [3.63, 3.8) is 0 Å². The van der Waals surface area contributed by atoms with Crippen LogP contribution in [-0.2, 0) is 0 Å². The van der Waals surface area contributed by atoms with Crippen molar-refractivity contribution in [2.75, 3.05) is 18.0 Å². The van der Waals surface area contributed by atoms with Gasteiger partial charge in [-0.25, -0.2) is 0 Å². The summed E-state index contributed by atoms with van der Waals surface area (Å²) in [5, 5.41) is 11.7. The lowest BCUT2D eigenvalue weighted by Gasteiger charge is -2.25. The molecular weight excluding hydrogens is 294 g/mol. The van der Waals surface area contributed by atoms with Crippen LogP contribution in [0.3, 0.4) is 0 Å². The first-order valence-corrected chi connectivity index (χ1v) is 6.81. The number of rotatable bonds is 5. The van der Waals surface area contributed by atoms with Crippen molar-refractivity contribution in [3.05, 3.63) is 28.2 Å². The van der Waals surface area contributed by atoms with E-state index in [2.05, 4.69) is 46.8 Å². The Balaban J connectivity index is 3.02. The minimum atomic E-state index is 0.111. The molecule has 0 aliphatic carbocycles. The van der Waals surface area contributed by atoms with E-state index in [9.17, 15) is 0 Å². The molecule has 0 bridgehead atoms. The highest BCUT2D eigenvalue weighted by atomic mass is 79.9. The summed E-state index contributed by atoms with van der Waals surface area (Å²) in [6.45, 7) is 8.48. The number of nitrogens with two attached hydrogens (primary N) is 1. The monoisotopic (exact) mass is 313 g/mol. The molecule has 0 spiro atoms. The Bertz CT molecular complexity index is 432. The van der Waals surface area contributed by atoms with E-state index in [-0.39, 0.29) is 5.84 Å². The zero-order valence-corrected chi connectivity index (χ0v) is 12.6. The van der Waals surface area contributed by atoms with Crippen molar-refractivity contribution in [2.45, 2.75) is 20.8 Å². The third-order valence-electron chi connectivity index (χ3n) is 2.67. The van der Waals surface area contributed by atoms with Gasteiger partial charge >= 0.3 is 0 Å². The number of halogens is 1. The molecule has 0 radical (unpaired) electrons. The fraction of sp³-hybridized carbons (Fsp3) is 0.462. The zero-order valence-electron chi connectivity index (χ0n) is 11.0. The molecule has 0 heterocycles. The van der Waals surface area contributed by atoms with E-state index < -0.39 is 0 Å². The molecule has 0 saturated heterocycles. The average Bonchev–Trinajstić information content (AvgIpc) is 2.34. The van der Waals surface area contributed by atoms with Gasteiger partial charge in [0.2, 0.25) is 0 Å². The van der Waals surface area contributed by atoms with E-state index in [0.717, 1.165) is 23.2 Å². The van der Waals surface area contributed by atoms with Crippen molar-refractivity contribution in [1.82, 2.24) is 0 Å². The standard InChI is InChI=1S/C13H20BrN3O/c1-4-17(8-9(2)3)10-5-6-11(12(14)7-10)13(15)16-18/h5-7,9,18H,4,8H2,1-3H3,(H2,15,16). The van der Waals surface area contributed by atoms with E-state index in [0.29, 0.717) is 11.5 Å². The van der Waals surface area contributed by atoms with Gasteiger partial charge in [-0.15, -0.1) is 0 Å². The summed E-state index contributed by atoms with van der Waals surface area (Å²) in [6.07, 6.45) is 0. The van der Waals surface area contributed by atoms with Gasteiger partial charge in [0.1, 0.15) is 0 Å². The van der Waals surface area contributed by atoms with Crippen molar-refractivity contribution in [1.29, 1.82) is 0 Å². The van der Waals surface area contributed by atoms with Crippen LogP contribution in [0.25, 0.3) is 0 Å². The maximum atomic E-state index is 8.69. The lowest BCUT2D eigenvalue weighted by atomic mass is 10.1. The third-order valence-corrected chi connectivity index (χ3v) is 3.32. The lowest BCUT2D eigenvalue weighted by Crippen LogP contribution is -2.27. The van der Waals surface area contributed by atoms with Crippen molar-refractivity contribution in [3.8, 4) is 0 Å². The maximum Gasteiger partial charge on any atom is 0.171 e. The van der Waals surface area contributed by atoms with Crippen LogP contribution in [-0.4, -0.2) is 24.1 Å². The van der Waals surface area contributed by atoms with Crippen LogP contribution in [0.5, 0.6) is 0 Å². The van der Waals surface area contributed by atoms with Gasteiger partial charge < -0.3 is 15.8 Å². The highest BCUT2D eigenvalue weighted by Crippen LogP contribution is 2.24. The zero-order chi connectivity index (χ0) is 13.7. The molecule has 3 N–H and O–H groups in total. The van der Waals surface area contributed by atoms with E-state index >= 15 is 0 Å². The molecule has 1 aromatic rings. The van der Waals surface area contributed by atoms with Crippen molar-refractivity contribution >= 4 is 27.5 Å². The normalized spacial score (nSPS) is 11.9. The van der Waals surface area contributed by atoms with Gasteiger partial charge in [-0.1, -0.05) is 19.0 Å². The fourth-order valence-electron chi connectivity index (χ4n) is 1.82. The van der Waals surface area contributed by atoms with Gasteiger partial charge in [0.25, 0.3) is 0 Å². The minimum absolute atomic E-state index is 0.111. The van der Waals surface area contributed by atoms with Gasteiger partial charge in [0.15, 0.2) is 5.84 Å². The fourth-order valence-corrected chi connectivity index (χ4v) is 2.39. The summed E-state index contributed by atoms with van der Waals surface area (Å²) in [7, 11) is 0. The Kier molecular flexibility index (Phi) is 5.47. The Morgan fingerprint density at radius 3 is 2.61 bits per heavy atom. The number of amidine groups is 1. The number of benzene rings is 1. The van der Waals surface area contributed by atoms with Crippen LogP contribution < -0.4 is 10.6 Å². The molecule has 0 amide bonds. The summed E-state index contributed by atoms with van der Waals surface area (Å²) >= 11 is 3.45. The number of hydrogen-bond donors (Lipinski definition) is 2. The van der Waals surface area contributed by atoms with Crippen LogP contribution in [0.4, 0.5) is 5.69 Å². The topological polar surface area (TPSA) is 61.8 Å². The summed E-state index contributed by atoms with van der Waals surface area (Å²) in [6, 6.07) is 5.85. The SMILES string of the molecule is CCN(CC(C)C)c1ccc(/C(N)=N/O)c(Br)c1. The summed E-state index contributed by atoms with van der Waals surface area (Å²) in [5.74, 6) is 0.716. The molecular formula is C13H20BrN3O. The van der Waals surface area contributed by atoms with Crippen LogP contribution in [0, 0.1) is 5.92 Å². The molecule has 0 aromatic heterocycles. The molecule has 1 rings (SSSR count). The molecule has 0 aliphatic heterocycles. The third kappa shape index (κ3) is 3.63. The van der Waals surface area contributed by atoms with Gasteiger partial charge in [-0.2, -0.15) is 0 Å². The number of hydrogen-bond acceptors (Lipinski definition) is 3. The summed E-state index contributed by atoms with van der Waals surface area (Å²) < 4.78 is 0.831. The van der Waals surface area contributed by atoms with Gasteiger partial charge in [-0.3, -0.25) is 0 Å². The second-order valence-corrected chi connectivity index (χ2v) is 5.44. The van der Waals surface area contributed by atoms with E-state index in [4.69, 9.17) is 10.9 Å². The average molecular weight is 314 g/mol. The quantitative estimate of drug-likeness (QED) is 0.380. The second-order valence-electron chi connectivity index (χ2n) is 4.58. The van der Waals surface area contributed by atoms with Gasteiger partial charge in [0, 0.05) is 28.8 Å². The van der Waals surface area contributed by atoms with Crippen LogP contribution in [0.1, 0.15) is 26.3 Å². The van der Waals surface area contributed by atoms with E-state index in [1.54, 1.807) is 0 Å². The van der Waals surface area contributed by atoms with E-state index in [1.165, 1.54) is 0 Å². The first-order valence-electron chi connectivity index (χ1n) is 6.02. The molecule has 5 heteroatoms. The molecule has 0 fully saturated rings. The van der Waals surface area contributed by atoms with Crippen LogP contribution in [0.2, 0.25) is 0 Å². The minimum Gasteiger partial charge on any atom is -0.409 e. The smallest absolute Gasteiger partial charge is 0.171 e. The molecule has 1 aromatic carbocycles. The van der Waals surface area contributed by atoms with Gasteiger partial charge in [0.05, 0.1) is 0 Å². The Morgan fingerprint density at radius 1 is 1.50 bits per heavy atom. The Labute approximate surface area is 117 Å². The largest absolute Gasteiger partial charge is 0.409 e. The van der Waals surface area contributed by atoms with Crippen LogP contribution in [0.15, 0.2) is 27.8 Å². The van der Waals surface area contributed by atoms with Gasteiger partial charge in [-0.05, 0) is 47.0 Å². The highest BCUT2D eigenvalue weighted by molar-refractivity contribution is 9.10. The molecule has 0 aliphatic rings. The Hall–Kier alpha value is -1.23. The van der Waals surface area contributed by atoms with Crippen molar-refractivity contribution < 1.29 is 5.21 Å². The molecule has 0 unspecified atom stereocenters. The van der Waals surface area contributed by atoms with Crippen LogP contribution >= 0.6 is 15.9 Å². The Morgan fingerprint density at radius 2 is 2.17 bits per heavy atom.